The number of carbonyl (C=O) groups excluding carboxylic acids is 2. The summed E-state index contributed by atoms with van der Waals surface area (Å²) in [6, 6.07) is 12.5. The Bertz CT molecular complexity index is 777. The molecule has 0 radical (unpaired) electrons. The van der Waals surface area contributed by atoms with E-state index in [1.54, 1.807) is 48.4 Å². The van der Waals surface area contributed by atoms with Gasteiger partial charge >= 0.3 is 0 Å². The molecule has 0 heterocycles. The molecule has 2 aromatic carbocycles. The van der Waals surface area contributed by atoms with Crippen LogP contribution in [0.3, 0.4) is 0 Å². The van der Waals surface area contributed by atoms with E-state index in [0.717, 1.165) is 5.56 Å². The van der Waals surface area contributed by atoms with Crippen molar-refractivity contribution in [1.82, 2.24) is 0 Å². The smallest absolute Gasteiger partial charge is 0.226 e. The van der Waals surface area contributed by atoms with Crippen LogP contribution in [0.25, 0.3) is 0 Å². The van der Waals surface area contributed by atoms with Gasteiger partial charge in [-0.3, -0.25) is 9.59 Å². The maximum Gasteiger partial charge on any atom is 0.226 e. The third-order valence-electron chi connectivity index (χ3n) is 3.77. The van der Waals surface area contributed by atoms with Crippen molar-refractivity contribution in [1.29, 1.82) is 0 Å². The number of nitrogens with zero attached hydrogens (tertiary/aromatic N) is 1. The summed E-state index contributed by atoms with van der Waals surface area (Å²) in [7, 11) is 1.57. The summed E-state index contributed by atoms with van der Waals surface area (Å²) in [6.07, 6.45) is 0.179. The van der Waals surface area contributed by atoms with Crippen LogP contribution in [0.5, 0.6) is 5.75 Å². The minimum atomic E-state index is -0.167. The minimum Gasteiger partial charge on any atom is -0.497 e. The van der Waals surface area contributed by atoms with Gasteiger partial charge in [-0.15, -0.1) is 0 Å². The van der Waals surface area contributed by atoms with Gasteiger partial charge in [-0.2, -0.15) is 0 Å². The summed E-state index contributed by atoms with van der Waals surface area (Å²) in [5, 5.41) is 3.47. The summed E-state index contributed by atoms with van der Waals surface area (Å²) in [5.41, 5.74) is 2.30. The number of methoxy groups -OCH3 is 1. The number of ether oxygens (including phenoxy) is 1. The fourth-order valence-electron chi connectivity index (χ4n) is 2.44. The number of halogens is 1. The number of rotatable bonds is 6. The summed E-state index contributed by atoms with van der Waals surface area (Å²) in [4.78, 5) is 25.7. The van der Waals surface area contributed by atoms with Gasteiger partial charge in [-0.1, -0.05) is 17.7 Å². The van der Waals surface area contributed by atoms with E-state index >= 15 is 0 Å². The molecule has 6 heteroatoms. The molecule has 1 N–H and O–H groups in total. The van der Waals surface area contributed by atoms with Gasteiger partial charge in [0.2, 0.25) is 11.8 Å². The van der Waals surface area contributed by atoms with E-state index in [1.165, 1.54) is 6.92 Å². The van der Waals surface area contributed by atoms with Crippen LogP contribution in [-0.2, 0) is 9.59 Å². The summed E-state index contributed by atoms with van der Waals surface area (Å²) >= 11 is 5.92. The van der Waals surface area contributed by atoms with E-state index in [-0.39, 0.29) is 24.8 Å². The second-order valence-corrected chi connectivity index (χ2v) is 6.07. The Morgan fingerprint density at radius 3 is 2.60 bits per heavy atom. The van der Waals surface area contributed by atoms with Gasteiger partial charge in [-0.05, 0) is 42.8 Å². The van der Waals surface area contributed by atoms with E-state index < -0.39 is 0 Å². The number of anilines is 2. The molecule has 0 bridgehead atoms. The van der Waals surface area contributed by atoms with E-state index in [2.05, 4.69) is 5.32 Å². The second kappa shape index (κ2) is 8.53. The van der Waals surface area contributed by atoms with Gasteiger partial charge in [-0.25, -0.2) is 0 Å². The van der Waals surface area contributed by atoms with Crippen molar-refractivity contribution in [3.63, 3.8) is 0 Å². The largest absolute Gasteiger partial charge is 0.497 e. The van der Waals surface area contributed by atoms with Gasteiger partial charge in [0.25, 0.3) is 0 Å². The first kappa shape index (κ1) is 18.8. The first-order valence-electron chi connectivity index (χ1n) is 7.89. The average molecular weight is 361 g/mol. The van der Waals surface area contributed by atoms with Crippen molar-refractivity contribution in [2.24, 2.45) is 0 Å². The molecule has 2 aromatic rings. The molecule has 0 saturated carbocycles. The van der Waals surface area contributed by atoms with Crippen molar-refractivity contribution < 1.29 is 14.3 Å². The SMILES string of the molecule is COc1cccc(N(CCC(=O)Nc2ccc(Cl)cc2C)C(C)=O)c1. The maximum atomic E-state index is 12.2. The molecule has 0 fully saturated rings. The Labute approximate surface area is 152 Å². The molecule has 0 aliphatic heterocycles. The molecule has 0 atom stereocenters. The highest BCUT2D eigenvalue weighted by Crippen LogP contribution is 2.22. The normalized spacial score (nSPS) is 10.2. The number of carbonyl (C=O) groups is 2. The van der Waals surface area contributed by atoms with Gasteiger partial charge in [0.05, 0.1) is 7.11 Å². The summed E-state index contributed by atoms with van der Waals surface area (Å²) in [5.74, 6) is 0.355. The highest BCUT2D eigenvalue weighted by Gasteiger charge is 2.14. The monoisotopic (exact) mass is 360 g/mol. The molecular formula is C19H21ClN2O3. The van der Waals surface area contributed by atoms with E-state index in [1.807, 2.05) is 13.0 Å². The molecule has 5 nitrogen and oxygen atoms in total. The van der Waals surface area contributed by atoms with Crippen molar-refractivity contribution in [2.45, 2.75) is 20.3 Å². The molecule has 0 spiro atoms. The van der Waals surface area contributed by atoms with Crippen LogP contribution in [-0.4, -0.2) is 25.5 Å². The Balaban J connectivity index is 2.03. The summed E-state index contributed by atoms with van der Waals surface area (Å²) < 4.78 is 5.18. The van der Waals surface area contributed by atoms with Crippen molar-refractivity contribution in [3.8, 4) is 5.75 Å². The fourth-order valence-corrected chi connectivity index (χ4v) is 2.67. The number of hydrogen-bond acceptors (Lipinski definition) is 3. The Kier molecular flexibility index (Phi) is 6.42. The number of benzene rings is 2. The standard InChI is InChI=1S/C19H21ClN2O3/c1-13-11-15(20)7-8-18(13)21-19(24)9-10-22(14(2)23)16-5-4-6-17(12-16)25-3/h4-8,11-12H,9-10H2,1-3H3,(H,21,24). The van der Waals surface area contributed by atoms with Crippen LogP contribution in [0, 0.1) is 6.92 Å². The molecule has 0 saturated heterocycles. The molecular weight excluding hydrogens is 340 g/mol. The van der Waals surface area contributed by atoms with Gasteiger partial charge in [0.1, 0.15) is 5.75 Å². The topological polar surface area (TPSA) is 58.6 Å². The third-order valence-corrected chi connectivity index (χ3v) is 4.01. The zero-order valence-electron chi connectivity index (χ0n) is 14.5. The van der Waals surface area contributed by atoms with E-state index in [0.29, 0.717) is 22.1 Å². The third kappa shape index (κ3) is 5.22. The van der Waals surface area contributed by atoms with Crippen molar-refractivity contribution in [3.05, 3.63) is 53.1 Å². The second-order valence-electron chi connectivity index (χ2n) is 5.63. The lowest BCUT2D eigenvalue weighted by molar-refractivity contribution is -0.117. The quantitative estimate of drug-likeness (QED) is 0.845. The molecule has 0 unspecified atom stereocenters. The number of nitrogens with one attached hydrogen (secondary N) is 1. The number of aryl methyl sites for hydroxylation is 1. The maximum absolute atomic E-state index is 12.2. The van der Waals surface area contributed by atoms with Crippen LogP contribution in [0.1, 0.15) is 18.9 Å². The summed E-state index contributed by atoms with van der Waals surface area (Å²) in [6.45, 7) is 3.63. The Morgan fingerprint density at radius 2 is 1.96 bits per heavy atom. The van der Waals surface area contributed by atoms with Crippen LogP contribution in [0.4, 0.5) is 11.4 Å². The molecule has 0 aliphatic carbocycles. The molecule has 2 rings (SSSR count). The highest BCUT2D eigenvalue weighted by atomic mass is 35.5. The fraction of sp³-hybridized carbons (Fsp3) is 0.263. The predicted octanol–water partition coefficient (Wildman–Crippen LogP) is 4.04. The molecule has 2 amide bonds. The number of hydrogen-bond donors (Lipinski definition) is 1. The van der Waals surface area contributed by atoms with Crippen molar-refractivity contribution >= 4 is 34.8 Å². The lowest BCUT2D eigenvalue weighted by Crippen LogP contribution is -2.32. The van der Waals surface area contributed by atoms with Gasteiger partial charge in [0, 0.05) is 42.4 Å². The molecule has 25 heavy (non-hydrogen) atoms. The first-order valence-corrected chi connectivity index (χ1v) is 8.26. The lowest BCUT2D eigenvalue weighted by Gasteiger charge is -2.21. The van der Waals surface area contributed by atoms with Crippen LogP contribution in [0.2, 0.25) is 5.02 Å². The zero-order chi connectivity index (χ0) is 18.4. The molecule has 0 aliphatic rings. The Morgan fingerprint density at radius 1 is 1.20 bits per heavy atom. The highest BCUT2D eigenvalue weighted by molar-refractivity contribution is 6.30. The predicted molar refractivity (Wildman–Crippen MR) is 100 cm³/mol. The molecule has 0 aromatic heterocycles. The van der Waals surface area contributed by atoms with Crippen molar-refractivity contribution in [2.75, 3.05) is 23.9 Å². The van der Waals surface area contributed by atoms with Gasteiger partial charge < -0.3 is 15.0 Å². The Hall–Kier alpha value is -2.53. The van der Waals surface area contributed by atoms with Crippen LogP contribution < -0.4 is 15.0 Å². The van der Waals surface area contributed by atoms with Crippen LogP contribution >= 0.6 is 11.6 Å². The van der Waals surface area contributed by atoms with Crippen LogP contribution in [0.15, 0.2) is 42.5 Å². The minimum absolute atomic E-state index is 0.135. The average Bonchev–Trinajstić information content (AvgIpc) is 2.57. The number of amides is 2. The van der Waals surface area contributed by atoms with E-state index in [4.69, 9.17) is 16.3 Å². The first-order chi connectivity index (χ1) is 11.9. The molecule has 132 valence electrons. The lowest BCUT2D eigenvalue weighted by atomic mass is 10.2. The van der Waals surface area contributed by atoms with E-state index in [9.17, 15) is 9.59 Å². The zero-order valence-corrected chi connectivity index (χ0v) is 15.3. The van der Waals surface area contributed by atoms with Gasteiger partial charge in [0.15, 0.2) is 0 Å².